The van der Waals surface area contributed by atoms with Gasteiger partial charge in [-0.3, -0.25) is 0 Å². The second-order valence-electron chi connectivity index (χ2n) is 3.03. The molecule has 0 spiro atoms. The monoisotopic (exact) mass is 185 g/mol. The van der Waals surface area contributed by atoms with Gasteiger partial charge in [0.05, 0.1) is 0 Å². The number of rotatable bonds is 3. The zero-order valence-electron chi connectivity index (χ0n) is 8.70. The topological polar surface area (TPSA) is 3.24 Å². The van der Waals surface area contributed by atoms with E-state index in [2.05, 4.69) is 29.9 Å². The summed E-state index contributed by atoms with van der Waals surface area (Å²) in [6, 6.07) is 10.2. The molecule has 0 radical (unpaired) electrons. The van der Waals surface area contributed by atoms with Crippen molar-refractivity contribution in [2.24, 2.45) is 0 Å². The highest BCUT2D eigenvalue weighted by Gasteiger charge is 2.03. The molecule has 1 aromatic carbocycles. The number of allylic oxidation sites excluding steroid dienone is 2. The lowest BCUT2D eigenvalue weighted by Gasteiger charge is -2.23. The van der Waals surface area contributed by atoms with E-state index in [-0.39, 0.29) is 0 Å². The van der Waals surface area contributed by atoms with E-state index in [0.717, 1.165) is 12.2 Å². The van der Waals surface area contributed by atoms with Crippen LogP contribution in [0.25, 0.3) is 0 Å². The van der Waals surface area contributed by atoms with Crippen LogP contribution >= 0.6 is 0 Å². The van der Waals surface area contributed by atoms with Gasteiger partial charge in [0.1, 0.15) is 0 Å². The van der Waals surface area contributed by atoms with Gasteiger partial charge in [-0.2, -0.15) is 0 Å². The average molecular weight is 185 g/mol. The van der Waals surface area contributed by atoms with Gasteiger partial charge in [-0.25, -0.2) is 0 Å². The molecule has 0 unspecified atom stereocenters. The second-order valence-corrected chi connectivity index (χ2v) is 3.03. The van der Waals surface area contributed by atoms with Crippen LogP contribution in [-0.4, -0.2) is 6.54 Å². The van der Waals surface area contributed by atoms with Crippen molar-refractivity contribution in [3.63, 3.8) is 0 Å². The van der Waals surface area contributed by atoms with Crippen LogP contribution in [0, 0.1) is 12.3 Å². The summed E-state index contributed by atoms with van der Waals surface area (Å²) in [7, 11) is 0. The van der Waals surface area contributed by atoms with Crippen molar-refractivity contribution in [2.45, 2.75) is 13.8 Å². The van der Waals surface area contributed by atoms with Crippen LogP contribution in [0.1, 0.15) is 13.8 Å². The summed E-state index contributed by atoms with van der Waals surface area (Å²) in [6.07, 6.45) is 7.04. The number of anilines is 1. The molecule has 14 heavy (non-hydrogen) atoms. The normalized spacial score (nSPS) is 10.8. The minimum absolute atomic E-state index is 0.925. The van der Waals surface area contributed by atoms with Crippen LogP contribution in [0.5, 0.6) is 0 Å². The Bertz CT molecular complexity index is 343. The first-order valence-electron chi connectivity index (χ1n) is 4.75. The average Bonchev–Trinajstić information content (AvgIpc) is 2.21. The fourth-order valence-electron chi connectivity index (χ4n) is 1.44. The third-order valence-corrected chi connectivity index (χ3v) is 2.10. The van der Waals surface area contributed by atoms with Crippen LogP contribution < -0.4 is 4.90 Å². The molecule has 0 amide bonds. The Kier molecular flexibility index (Phi) is 3.82. The zero-order chi connectivity index (χ0) is 10.4. The van der Waals surface area contributed by atoms with Crippen molar-refractivity contribution in [2.75, 3.05) is 11.4 Å². The summed E-state index contributed by atoms with van der Waals surface area (Å²) < 4.78 is 0. The highest BCUT2D eigenvalue weighted by Crippen LogP contribution is 2.17. The van der Waals surface area contributed by atoms with Gasteiger partial charge in [0.2, 0.25) is 0 Å². The van der Waals surface area contributed by atoms with Crippen molar-refractivity contribution in [1.82, 2.24) is 0 Å². The molecule has 0 aliphatic carbocycles. The van der Waals surface area contributed by atoms with Crippen LogP contribution in [0.3, 0.4) is 0 Å². The van der Waals surface area contributed by atoms with E-state index < -0.39 is 0 Å². The van der Waals surface area contributed by atoms with E-state index in [9.17, 15) is 0 Å². The molecule has 0 aromatic heterocycles. The second kappa shape index (κ2) is 5.14. The lowest BCUT2D eigenvalue weighted by atomic mass is 10.2. The summed E-state index contributed by atoms with van der Waals surface area (Å²) in [5.41, 5.74) is 2.28. The molecule has 0 saturated heterocycles. The molecular formula is C13H15N. The largest absolute Gasteiger partial charge is 0.345 e. The van der Waals surface area contributed by atoms with Gasteiger partial charge < -0.3 is 4.90 Å². The molecule has 0 fully saturated rings. The zero-order valence-corrected chi connectivity index (χ0v) is 8.70. The lowest BCUT2D eigenvalue weighted by Crippen LogP contribution is -2.19. The summed E-state index contributed by atoms with van der Waals surface area (Å²) in [6.45, 7) is 5.06. The Morgan fingerprint density at radius 2 is 2.07 bits per heavy atom. The summed E-state index contributed by atoms with van der Waals surface area (Å²) in [4.78, 5) is 2.18. The number of hydrogen-bond donors (Lipinski definition) is 0. The van der Waals surface area contributed by atoms with Crippen molar-refractivity contribution in [3.8, 4) is 12.3 Å². The molecular weight excluding hydrogens is 170 g/mol. The Morgan fingerprint density at radius 1 is 1.43 bits per heavy atom. The Hall–Kier alpha value is -1.68. The van der Waals surface area contributed by atoms with E-state index in [1.54, 1.807) is 6.08 Å². The van der Waals surface area contributed by atoms with Gasteiger partial charge in [0.25, 0.3) is 0 Å². The standard InChI is InChI=1S/C13H15N/c1-4-9-12(3)14(5-2)13-10-7-6-8-11-13/h1,6-11H,5H2,2-3H3/b12-9-. The van der Waals surface area contributed by atoms with E-state index in [4.69, 9.17) is 6.42 Å². The van der Waals surface area contributed by atoms with E-state index in [1.807, 2.05) is 25.1 Å². The van der Waals surface area contributed by atoms with Crippen LogP contribution in [0.4, 0.5) is 5.69 Å². The Labute approximate surface area is 86.1 Å². The van der Waals surface area contributed by atoms with Crippen LogP contribution in [0.15, 0.2) is 42.1 Å². The Balaban J connectivity index is 2.95. The maximum absolute atomic E-state index is 5.25. The molecule has 0 saturated carbocycles. The SMILES string of the molecule is C#C/C=C(/C)N(CC)c1ccccc1. The summed E-state index contributed by atoms with van der Waals surface area (Å²) in [5, 5.41) is 0. The number of benzene rings is 1. The molecule has 0 heterocycles. The van der Waals surface area contributed by atoms with Gasteiger partial charge in [-0.15, -0.1) is 6.42 Å². The van der Waals surface area contributed by atoms with E-state index in [0.29, 0.717) is 0 Å². The van der Waals surface area contributed by atoms with Gasteiger partial charge in [-0.05, 0) is 26.0 Å². The fourth-order valence-corrected chi connectivity index (χ4v) is 1.44. The highest BCUT2D eigenvalue weighted by molar-refractivity contribution is 5.52. The fraction of sp³-hybridized carbons (Fsp3) is 0.231. The minimum atomic E-state index is 0.925. The molecule has 0 N–H and O–H groups in total. The molecule has 72 valence electrons. The molecule has 0 aliphatic rings. The molecule has 1 rings (SSSR count). The van der Waals surface area contributed by atoms with Gasteiger partial charge in [-0.1, -0.05) is 24.1 Å². The maximum Gasteiger partial charge on any atom is 0.0408 e. The van der Waals surface area contributed by atoms with Gasteiger partial charge >= 0.3 is 0 Å². The first kappa shape index (κ1) is 10.4. The quantitative estimate of drug-likeness (QED) is 0.654. The molecule has 1 nitrogen and oxygen atoms in total. The number of terminal acetylenes is 1. The minimum Gasteiger partial charge on any atom is -0.345 e. The van der Waals surface area contributed by atoms with Gasteiger partial charge in [0.15, 0.2) is 0 Å². The molecule has 1 aromatic rings. The van der Waals surface area contributed by atoms with E-state index >= 15 is 0 Å². The number of nitrogens with zero attached hydrogens (tertiary/aromatic N) is 1. The predicted molar refractivity (Wildman–Crippen MR) is 62.1 cm³/mol. The number of hydrogen-bond acceptors (Lipinski definition) is 1. The van der Waals surface area contributed by atoms with Crippen molar-refractivity contribution < 1.29 is 0 Å². The maximum atomic E-state index is 5.25. The van der Waals surface area contributed by atoms with Crippen LogP contribution in [-0.2, 0) is 0 Å². The predicted octanol–water partition coefficient (Wildman–Crippen LogP) is 3.05. The first-order chi connectivity index (χ1) is 6.79. The van der Waals surface area contributed by atoms with Crippen molar-refractivity contribution in [3.05, 3.63) is 42.1 Å². The third-order valence-electron chi connectivity index (χ3n) is 2.10. The smallest absolute Gasteiger partial charge is 0.0408 e. The summed E-state index contributed by atoms with van der Waals surface area (Å²) in [5.74, 6) is 2.55. The van der Waals surface area contributed by atoms with Crippen molar-refractivity contribution in [1.29, 1.82) is 0 Å². The number of para-hydroxylation sites is 1. The molecule has 0 aliphatic heterocycles. The first-order valence-corrected chi connectivity index (χ1v) is 4.75. The van der Waals surface area contributed by atoms with E-state index in [1.165, 1.54) is 5.69 Å². The highest BCUT2D eigenvalue weighted by atomic mass is 15.1. The third kappa shape index (κ3) is 2.40. The summed E-state index contributed by atoms with van der Waals surface area (Å²) >= 11 is 0. The molecule has 1 heteroatoms. The van der Waals surface area contributed by atoms with Gasteiger partial charge in [0, 0.05) is 24.0 Å². The van der Waals surface area contributed by atoms with Crippen LogP contribution in [0.2, 0.25) is 0 Å². The van der Waals surface area contributed by atoms with Crippen molar-refractivity contribution >= 4 is 5.69 Å². The lowest BCUT2D eigenvalue weighted by molar-refractivity contribution is 0.954. The Morgan fingerprint density at radius 3 is 2.57 bits per heavy atom. The molecule has 0 bridgehead atoms. The molecule has 0 atom stereocenters.